The van der Waals surface area contributed by atoms with Crippen LogP contribution in [0.3, 0.4) is 0 Å². The van der Waals surface area contributed by atoms with Crippen LogP contribution >= 0.6 is 22.9 Å². The number of alkyl halides is 1. The average Bonchev–Trinajstić information content (AvgIpc) is 2.67. The van der Waals surface area contributed by atoms with Gasteiger partial charge in [0.2, 0.25) is 0 Å². The summed E-state index contributed by atoms with van der Waals surface area (Å²) in [5.74, 6) is -0.0201. The molecule has 0 saturated heterocycles. The van der Waals surface area contributed by atoms with Gasteiger partial charge in [0.1, 0.15) is 10.7 Å². The van der Waals surface area contributed by atoms with E-state index in [4.69, 9.17) is 11.6 Å². The van der Waals surface area contributed by atoms with E-state index in [9.17, 15) is 4.39 Å². The van der Waals surface area contributed by atoms with Gasteiger partial charge in [0.25, 0.3) is 0 Å². The van der Waals surface area contributed by atoms with E-state index in [2.05, 4.69) is 9.97 Å². The zero-order valence-electron chi connectivity index (χ0n) is 7.08. The van der Waals surface area contributed by atoms with Gasteiger partial charge in [0, 0.05) is 11.6 Å². The van der Waals surface area contributed by atoms with Crippen LogP contribution in [0.1, 0.15) is 5.69 Å². The Labute approximate surface area is 89.4 Å². The molecule has 0 aromatic carbocycles. The van der Waals surface area contributed by atoms with Crippen molar-refractivity contribution >= 4 is 22.9 Å². The van der Waals surface area contributed by atoms with Gasteiger partial charge in [0.15, 0.2) is 5.82 Å². The Bertz CT molecular complexity index is 444. The molecule has 2 nitrogen and oxygen atoms in total. The van der Waals surface area contributed by atoms with Gasteiger partial charge in [-0.2, -0.15) is 0 Å². The highest BCUT2D eigenvalue weighted by Gasteiger charge is 2.09. The van der Waals surface area contributed by atoms with E-state index < -0.39 is 0 Å². The smallest absolute Gasteiger partial charge is 0.151 e. The molecule has 72 valence electrons. The van der Waals surface area contributed by atoms with Crippen molar-refractivity contribution in [1.29, 1.82) is 0 Å². The zero-order chi connectivity index (χ0) is 9.97. The number of halogens is 2. The second-order valence-electron chi connectivity index (χ2n) is 2.61. The Hall–Kier alpha value is -1.000. The molecule has 2 aromatic heterocycles. The van der Waals surface area contributed by atoms with Crippen molar-refractivity contribution in [2.45, 2.75) is 5.88 Å². The van der Waals surface area contributed by atoms with E-state index in [1.165, 1.54) is 17.4 Å². The highest BCUT2D eigenvalue weighted by Crippen LogP contribution is 2.24. The summed E-state index contributed by atoms with van der Waals surface area (Å²) in [6, 6.07) is 2.92. The van der Waals surface area contributed by atoms with E-state index in [-0.39, 0.29) is 11.5 Å². The monoisotopic (exact) mass is 228 g/mol. The lowest BCUT2D eigenvalue weighted by Gasteiger charge is -1.95. The summed E-state index contributed by atoms with van der Waals surface area (Å²) in [4.78, 5) is 8.07. The number of pyridine rings is 1. The van der Waals surface area contributed by atoms with Crippen molar-refractivity contribution in [2.75, 3.05) is 0 Å². The van der Waals surface area contributed by atoms with Crippen LogP contribution in [-0.4, -0.2) is 9.97 Å². The molecule has 0 saturated carbocycles. The molecule has 2 aromatic rings. The van der Waals surface area contributed by atoms with Gasteiger partial charge in [-0.25, -0.2) is 9.37 Å². The quantitative estimate of drug-likeness (QED) is 0.739. The van der Waals surface area contributed by atoms with Crippen molar-refractivity contribution in [3.8, 4) is 10.7 Å². The maximum atomic E-state index is 13.3. The Kier molecular flexibility index (Phi) is 2.74. The summed E-state index contributed by atoms with van der Waals surface area (Å²) >= 11 is 6.94. The third-order valence-electron chi connectivity index (χ3n) is 1.65. The predicted octanol–water partition coefficient (Wildman–Crippen LogP) is 3.08. The lowest BCUT2D eigenvalue weighted by molar-refractivity contribution is 0.625. The molecule has 2 rings (SSSR count). The molecule has 0 N–H and O–H groups in total. The fraction of sp³-hybridized carbons (Fsp3) is 0.111. The van der Waals surface area contributed by atoms with Crippen LogP contribution in [0.2, 0.25) is 0 Å². The Balaban J connectivity index is 2.44. The van der Waals surface area contributed by atoms with E-state index in [0.717, 1.165) is 5.69 Å². The van der Waals surface area contributed by atoms with Crippen LogP contribution in [-0.2, 0) is 5.88 Å². The fourth-order valence-corrected chi connectivity index (χ4v) is 2.06. The highest BCUT2D eigenvalue weighted by molar-refractivity contribution is 7.13. The maximum absolute atomic E-state index is 13.3. The molecule has 0 unspecified atom stereocenters. The van der Waals surface area contributed by atoms with Crippen LogP contribution in [0.15, 0.2) is 23.7 Å². The molecular formula is C9H6ClFN2S. The predicted molar refractivity (Wildman–Crippen MR) is 54.9 cm³/mol. The highest BCUT2D eigenvalue weighted by atomic mass is 35.5. The second-order valence-corrected chi connectivity index (χ2v) is 3.74. The van der Waals surface area contributed by atoms with Gasteiger partial charge in [-0.1, -0.05) is 0 Å². The van der Waals surface area contributed by atoms with Crippen LogP contribution in [0, 0.1) is 5.82 Å². The van der Waals surface area contributed by atoms with E-state index >= 15 is 0 Å². The van der Waals surface area contributed by atoms with Gasteiger partial charge in [-0.3, -0.25) is 4.98 Å². The van der Waals surface area contributed by atoms with E-state index in [1.807, 2.05) is 0 Å². The lowest BCUT2D eigenvalue weighted by atomic mass is 10.3. The summed E-state index contributed by atoms with van der Waals surface area (Å²) in [5.41, 5.74) is 1.03. The first-order valence-electron chi connectivity index (χ1n) is 3.92. The van der Waals surface area contributed by atoms with Crippen LogP contribution in [0.25, 0.3) is 10.7 Å². The van der Waals surface area contributed by atoms with Crippen molar-refractivity contribution < 1.29 is 4.39 Å². The fourth-order valence-electron chi connectivity index (χ4n) is 1.02. The van der Waals surface area contributed by atoms with Crippen molar-refractivity contribution in [2.24, 2.45) is 0 Å². The van der Waals surface area contributed by atoms with Crippen LogP contribution in [0.4, 0.5) is 4.39 Å². The summed E-state index contributed by atoms with van der Waals surface area (Å²) in [6.45, 7) is 0. The minimum Gasteiger partial charge on any atom is -0.251 e. The second kappa shape index (κ2) is 4.02. The summed E-state index contributed by atoms with van der Waals surface area (Å²) in [6.07, 6.45) is 1.54. The van der Waals surface area contributed by atoms with Crippen molar-refractivity contribution in [1.82, 2.24) is 9.97 Å². The molecule has 0 spiro atoms. The van der Waals surface area contributed by atoms with Crippen LogP contribution in [0.5, 0.6) is 0 Å². The number of hydrogen-bond acceptors (Lipinski definition) is 3. The molecule has 0 atom stereocenters. The number of aromatic nitrogens is 2. The molecule has 0 bridgehead atoms. The molecule has 14 heavy (non-hydrogen) atoms. The molecule has 5 heteroatoms. The van der Waals surface area contributed by atoms with Crippen molar-refractivity contribution in [3.05, 3.63) is 35.2 Å². The first kappa shape index (κ1) is 9.55. The molecule has 0 fully saturated rings. The standard InChI is InChI=1S/C9H6ClFN2S/c10-4-6-5-14-9(13-6)8-7(11)2-1-3-12-8/h1-3,5H,4H2. The number of rotatable bonds is 2. The minimum atomic E-state index is -0.358. The number of nitrogens with zero attached hydrogens (tertiary/aromatic N) is 2. The number of hydrogen-bond donors (Lipinski definition) is 0. The van der Waals surface area contributed by atoms with Gasteiger partial charge >= 0.3 is 0 Å². The molecule has 0 radical (unpaired) electrons. The SMILES string of the molecule is Fc1cccnc1-c1nc(CCl)cs1. The lowest BCUT2D eigenvalue weighted by Crippen LogP contribution is -1.87. The van der Waals surface area contributed by atoms with Gasteiger partial charge in [-0.15, -0.1) is 22.9 Å². The molecule has 0 amide bonds. The van der Waals surface area contributed by atoms with Crippen LogP contribution < -0.4 is 0 Å². The Morgan fingerprint density at radius 1 is 1.50 bits per heavy atom. The topological polar surface area (TPSA) is 25.8 Å². The maximum Gasteiger partial charge on any atom is 0.151 e. The first-order valence-corrected chi connectivity index (χ1v) is 5.34. The van der Waals surface area contributed by atoms with Gasteiger partial charge in [-0.05, 0) is 12.1 Å². The molecule has 0 aliphatic carbocycles. The summed E-state index contributed by atoms with van der Waals surface area (Å²) < 4.78 is 13.3. The van der Waals surface area contributed by atoms with Crippen molar-refractivity contribution in [3.63, 3.8) is 0 Å². The largest absolute Gasteiger partial charge is 0.251 e. The third-order valence-corrected chi connectivity index (χ3v) is 2.82. The molecule has 0 aliphatic rings. The van der Waals surface area contributed by atoms with E-state index in [0.29, 0.717) is 10.9 Å². The number of thiazole rings is 1. The van der Waals surface area contributed by atoms with E-state index in [1.54, 1.807) is 17.6 Å². The zero-order valence-corrected chi connectivity index (χ0v) is 8.65. The molecule has 2 heterocycles. The summed E-state index contributed by atoms with van der Waals surface area (Å²) in [7, 11) is 0. The third kappa shape index (κ3) is 1.76. The van der Waals surface area contributed by atoms with Gasteiger partial charge < -0.3 is 0 Å². The normalized spacial score (nSPS) is 10.4. The Morgan fingerprint density at radius 3 is 3.00 bits per heavy atom. The summed E-state index contributed by atoms with van der Waals surface area (Å²) in [5, 5.41) is 2.37. The minimum absolute atomic E-state index is 0.286. The average molecular weight is 229 g/mol. The Morgan fingerprint density at radius 2 is 2.36 bits per heavy atom. The first-order chi connectivity index (χ1) is 6.81. The molecular weight excluding hydrogens is 223 g/mol. The molecule has 0 aliphatic heterocycles. The van der Waals surface area contributed by atoms with Gasteiger partial charge in [0.05, 0.1) is 11.6 Å².